The highest BCUT2D eigenvalue weighted by molar-refractivity contribution is 9.10. The Hall–Kier alpha value is -0.0800. The molecule has 108 valence electrons. The first-order valence-electron chi connectivity index (χ1n) is 5.94. The summed E-state index contributed by atoms with van der Waals surface area (Å²) in [4.78, 5) is 0.254. The zero-order valence-corrected chi connectivity index (χ0v) is 14.2. The Morgan fingerprint density at radius 2 is 2.16 bits per heavy atom. The van der Waals surface area contributed by atoms with Crippen LogP contribution in [0, 0.1) is 0 Å². The van der Waals surface area contributed by atoms with Gasteiger partial charge in [0.1, 0.15) is 0 Å². The summed E-state index contributed by atoms with van der Waals surface area (Å²) in [6.07, 6.45) is 2.72. The lowest BCUT2D eigenvalue weighted by atomic mass is 10.2. The first-order chi connectivity index (χ1) is 8.94. The Labute approximate surface area is 127 Å². The van der Waals surface area contributed by atoms with E-state index >= 15 is 0 Å². The van der Waals surface area contributed by atoms with E-state index in [9.17, 15) is 8.42 Å². The molecule has 1 rings (SSSR count). The lowest BCUT2D eigenvalue weighted by Gasteiger charge is -2.17. The number of sulfonamides is 1. The largest absolute Gasteiger partial charge is 0.326 e. The highest BCUT2D eigenvalue weighted by Gasteiger charge is 2.21. The van der Waals surface area contributed by atoms with Crippen molar-refractivity contribution in [3.63, 3.8) is 0 Å². The maximum atomic E-state index is 12.3. The molecule has 1 atom stereocenters. The summed E-state index contributed by atoms with van der Waals surface area (Å²) < 4.78 is 27.9. The monoisotopic (exact) mass is 366 g/mol. The summed E-state index contributed by atoms with van der Waals surface area (Å²) in [5.74, 6) is 0.758. The molecule has 0 aliphatic carbocycles. The molecule has 1 unspecified atom stereocenters. The molecule has 1 aromatic carbocycles. The molecule has 0 bridgehead atoms. The van der Waals surface area contributed by atoms with Gasteiger partial charge in [0.25, 0.3) is 0 Å². The maximum Gasteiger partial charge on any atom is 0.241 e. The predicted octanol–water partition coefficient (Wildman–Crippen LogP) is 2.33. The second-order valence-electron chi connectivity index (χ2n) is 4.15. The first-order valence-corrected chi connectivity index (χ1v) is 9.61. The summed E-state index contributed by atoms with van der Waals surface area (Å²) in [5, 5.41) is 0. The highest BCUT2D eigenvalue weighted by atomic mass is 79.9. The van der Waals surface area contributed by atoms with E-state index in [1.54, 1.807) is 30.0 Å². The number of nitrogens with one attached hydrogen (secondary N) is 1. The van der Waals surface area contributed by atoms with Crippen LogP contribution in [0.25, 0.3) is 0 Å². The van der Waals surface area contributed by atoms with E-state index in [0.29, 0.717) is 11.0 Å². The fraction of sp³-hybridized carbons (Fsp3) is 0.500. The summed E-state index contributed by atoms with van der Waals surface area (Å²) in [6.45, 7) is 2.35. The van der Waals surface area contributed by atoms with Crippen molar-refractivity contribution in [2.75, 3.05) is 12.0 Å². The molecule has 0 saturated heterocycles. The van der Waals surface area contributed by atoms with Crippen LogP contribution in [0.15, 0.2) is 27.6 Å². The molecule has 0 aromatic heterocycles. The number of hydrogen-bond donors (Lipinski definition) is 2. The minimum absolute atomic E-state index is 0.0546. The standard InChI is InChI=1S/C12H19BrN2O2S2/c1-3-10(8-18-2)15-19(16,17)12-5-4-9(7-14)6-11(12)13/h4-6,10,15H,3,7-8,14H2,1-2H3. The highest BCUT2D eigenvalue weighted by Crippen LogP contribution is 2.23. The van der Waals surface area contributed by atoms with E-state index in [0.717, 1.165) is 17.7 Å². The Morgan fingerprint density at radius 3 is 2.63 bits per heavy atom. The smallest absolute Gasteiger partial charge is 0.241 e. The Morgan fingerprint density at radius 1 is 1.47 bits per heavy atom. The second-order valence-corrected chi connectivity index (χ2v) is 7.60. The van der Waals surface area contributed by atoms with E-state index in [1.807, 2.05) is 13.2 Å². The van der Waals surface area contributed by atoms with Crippen molar-refractivity contribution >= 4 is 37.7 Å². The number of benzene rings is 1. The van der Waals surface area contributed by atoms with Crippen molar-refractivity contribution < 1.29 is 8.42 Å². The fourth-order valence-electron chi connectivity index (χ4n) is 1.61. The van der Waals surface area contributed by atoms with E-state index in [2.05, 4.69) is 20.7 Å². The van der Waals surface area contributed by atoms with Gasteiger partial charge in [0.15, 0.2) is 0 Å². The molecule has 0 radical (unpaired) electrons. The number of halogens is 1. The SMILES string of the molecule is CCC(CSC)NS(=O)(=O)c1ccc(CN)cc1Br. The van der Waals surface area contributed by atoms with Crippen molar-refractivity contribution in [1.82, 2.24) is 4.72 Å². The lowest BCUT2D eigenvalue weighted by molar-refractivity contribution is 0.557. The molecular formula is C12H19BrN2O2S2. The molecule has 0 saturated carbocycles. The van der Waals surface area contributed by atoms with Gasteiger partial charge in [-0.2, -0.15) is 11.8 Å². The van der Waals surface area contributed by atoms with Crippen LogP contribution < -0.4 is 10.5 Å². The maximum absolute atomic E-state index is 12.3. The average Bonchev–Trinajstić information content (AvgIpc) is 2.37. The van der Waals surface area contributed by atoms with Gasteiger partial charge >= 0.3 is 0 Å². The van der Waals surface area contributed by atoms with Crippen molar-refractivity contribution in [2.24, 2.45) is 5.73 Å². The molecule has 19 heavy (non-hydrogen) atoms. The van der Waals surface area contributed by atoms with Crippen LogP contribution in [0.1, 0.15) is 18.9 Å². The van der Waals surface area contributed by atoms with Gasteiger partial charge in [-0.25, -0.2) is 13.1 Å². The molecule has 0 heterocycles. The summed E-state index contributed by atoms with van der Waals surface area (Å²) >= 11 is 4.92. The quantitative estimate of drug-likeness (QED) is 0.776. The van der Waals surface area contributed by atoms with E-state index in [-0.39, 0.29) is 10.9 Å². The molecule has 0 aliphatic rings. The minimum Gasteiger partial charge on any atom is -0.326 e. The third-order valence-electron chi connectivity index (χ3n) is 2.70. The number of nitrogens with two attached hydrogens (primary N) is 1. The first kappa shape index (κ1) is 17.0. The van der Waals surface area contributed by atoms with Gasteiger partial charge in [0.05, 0.1) is 4.90 Å². The van der Waals surface area contributed by atoms with Gasteiger partial charge in [-0.05, 0) is 46.3 Å². The minimum atomic E-state index is -3.50. The third kappa shape index (κ3) is 4.75. The summed E-state index contributed by atoms with van der Waals surface area (Å²) in [6, 6.07) is 5.00. The van der Waals surface area contributed by atoms with Crippen LogP contribution >= 0.6 is 27.7 Å². The molecule has 0 aliphatic heterocycles. The number of hydrogen-bond acceptors (Lipinski definition) is 4. The molecule has 0 spiro atoms. The normalized spacial score (nSPS) is 13.5. The molecule has 3 N–H and O–H groups in total. The van der Waals surface area contributed by atoms with Crippen LogP contribution in [0.3, 0.4) is 0 Å². The van der Waals surface area contributed by atoms with Gasteiger partial charge < -0.3 is 5.73 Å². The zero-order valence-electron chi connectivity index (χ0n) is 11.0. The van der Waals surface area contributed by atoms with Gasteiger partial charge in [0, 0.05) is 22.8 Å². The second kappa shape index (κ2) is 7.64. The Balaban J connectivity index is 3.00. The van der Waals surface area contributed by atoms with Crippen molar-refractivity contribution in [1.29, 1.82) is 0 Å². The van der Waals surface area contributed by atoms with Crippen LogP contribution in [0.2, 0.25) is 0 Å². The summed E-state index contributed by atoms with van der Waals surface area (Å²) in [5.41, 5.74) is 6.42. The van der Waals surface area contributed by atoms with Crippen molar-refractivity contribution in [3.8, 4) is 0 Å². The van der Waals surface area contributed by atoms with Crippen molar-refractivity contribution in [2.45, 2.75) is 30.8 Å². The van der Waals surface area contributed by atoms with E-state index in [1.165, 1.54) is 0 Å². The zero-order chi connectivity index (χ0) is 14.5. The predicted molar refractivity (Wildman–Crippen MR) is 84.8 cm³/mol. The molecular weight excluding hydrogens is 348 g/mol. The number of rotatable bonds is 7. The average molecular weight is 367 g/mol. The molecule has 0 fully saturated rings. The van der Waals surface area contributed by atoms with Gasteiger partial charge in [0.2, 0.25) is 10.0 Å². The third-order valence-corrected chi connectivity index (χ3v) is 5.94. The van der Waals surface area contributed by atoms with Crippen LogP contribution in [0.5, 0.6) is 0 Å². The van der Waals surface area contributed by atoms with E-state index in [4.69, 9.17) is 5.73 Å². The molecule has 4 nitrogen and oxygen atoms in total. The van der Waals surface area contributed by atoms with Gasteiger partial charge in [-0.15, -0.1) is 0 Å². The summed E-state index contributed by atoms with van der Waals surface area (Å²) in [7, 11) is -3.50. The van der Waals surface area contributed by atoms with Crippen molar-refractivity contribution in [3.05, 3.63) is 28.2 Å². The Bertz CT molecular complexity index is 520. The van der Waals surface area contributed by atoms with Gasteiger partial charge in [-0.1, -0.05) is 13.0 Å². The topological polar surface area (TPSA) is 72.2 Å². The number of thioether (sulfide) groups is 1. The van der Waals surface area contributed by atoms with Crippen LogP contribution in [-0.4, -0.2) is 26.5 Å². The fourth-order valence-corrected chi connectivity index (χ4v) is 4.88. The Kier molecular flexibility index (Phi) is 6.82. The van der Waals surface area contributed by atoms with Gasteiger partial charge in [-0.3, -0.25) is 0 Å². The lowest BCUT2D eigenvalue weighted by Crippen LogP contribution is -2.36. The molecule has 0 amide bonds. The van der Waals surface area contributed by atoms with Crippen LogP contribution in [-0.2, 0) is 16.6 Å². The van der Waals surface area contributed by atoms with Crippen LogP contribution in [0.4, 0.5) is 0 Å². The van der Waals surface area contributed by atoms with E-state index < -0.39 is 10.0 Å². The molecule has 7 heteroatoms. The molecule has 1 aromatic rings.